The van der Waals surface area contributed by atoms with Crippen LogP contribution < -0.4 is 0 Å². The van der Waals surface area contributed by atoms with Crippen molar-refractivity contribution < 1.29 is 9.53 Å². The predicted molar refractivity (Wildman–Crippen MR) is 71.0 cm³/mol. The van der Waals surface area contributed by atoms with Crippen LogP contribution in [0.1, 0.15) is 58.3 Å². The number of carbonyl (C=O) groups is 1. The Morgan fingerprint density at radius 2 is 2.12 bits per heavy atom. The van der Waals surface area contributed by atoms with Crippen LogP contribution in [-0.2, 0) is 9.53 Å². The summed E-state index contributed by atoms with van der Waals surface area (Å²) in [6.07, 6.45) is 10.4. The highest BCUT2D eigenvalue weighted by Gasteiger charge is 2.29. The van der Waals surface area contributed by atoms with Crippen LogP contribution in [-0.4, -0.2) is 18.5 Å². The molecule has 1 saturated carbocycles. The van der Waals surface area contributed by atoms with Gasteiger partial charge in [-0.05, 0) is 38.5 Å². The molecule has 0 aromatic rings. The summed E-state index contributed by atoms with van der Waals surface area (Å²) in [6.45, 7) is 6.31. The minimum atomic E-state index is -0.134. The van der Waals surface area contributed by atoms with Gasteiger partial charge >= 0.3 is 0 Å². The maximum absolute atomic E-state index is 12.1. The Morgan fingerprint density at radius 1 is 1.41 bits per heavy atom. The Bertz CT molecular complexity index is 229. The van der Waals surface area contributed by atoms with Crippen molar-refractivity contribution >= 4 is 5.78 Å². The van der Waals surface area contributed by atoms with Gasteiger partial charge in [0.1, 0.15) is 6.10 Å². The SMILES string of the molecule is C=CCCCC(=O)C(OCC)C1CCCCC1. The van der Waals surface area contributed by atoms with Crippen LogP contribution in [0.2, 0.25) is 0 Å². The number of carbonyl (C=O) groups excluding carboxylic acids is 1. The van der Waals surface area contributed by atoms with Gasteiger partial charge in [-0.25, -0.2) is 0 Å². The first-order valence-electron chi connectivity index (χ1n) is 7.04. The zero-order valence-electron chi connectivity index (χ0n) is 11.1. The summed E-state index contributed by atoms with van der Waals surface area (Å²) < 4.78 is 5.70. The van der Waals surface area contributed by atoms with Crippen molar-refractivity contribution in [2.75, 3.05) is 6.61 Å². The monoisotopic (exact) mass is 238 g/mol. The quantitative estimate of drug-likeness (QED) is 0.473. The Kier molecular flexibility index (Phi) is 7.18. The Balaban J connectivity index is 2.44. The molecule has 1 unspecified atom stereocenters. The van der Waals surface area contributed by atoms with Gasteiger partial charge in [-0.3, -0.25) is 4.79 Å². The van der Waals surface area contributed by atoms with Crippen LogP contribution in [0.3, 0.4) is 0 Å². The van der Waals surface area contributed by atoms with E-state index in [1.54, 1.807) is 0 Å². The minimum absolute atomic E-state index is 0.134. The number of hydrogen-bond acceptors (Lipinski definition) is 2. The lowest BCUT2D eigenvalue weighted by molar-refractivity contribution is -0.134. The molecule has 2 nitrogen and oxygen atoms in total. The van der Waals surface area contributed by atoms with Gasteiger partial charge < -0.3 is 4.74 Å². The normalized spacial score (nSPS) is 18.9. The van der Waals surface area contributed by atoms with Crippen LogP contribution in [0.4, 0.5) is 0 Å². The van der Waals surface area contributed by atoms with Crippen molar-refractivity contribution in [2.45, 2.75) is 64.4 Å². The zero-order valence-corrected chi connectivity index (χ0v) is 11.1. The third kappa shape index (κ3) is 5.03. The molecule has 0 bridgehead atoms. The van der Waals surface area contributed by atoms with E-state index in [1.807, 2.05) is 13.0 Å². The summed E-state index contributed by atoms with van der Waals surface area (Å²) in [5, 5.41) is 0. The fourth-order valence-electron chi connectivity index (χ4n) is 2.67. The molecule has 0 saturated heterocycles. The summed E-state index contributed by atoms with van der Waals surface area (Å²) in [7, 11) is 0. The number of hydrogen-bond donors (Lipinski definition) is 0. The van der Waals surface area contributed by atoms with Crippen LogP contribution in [0.5, 0.6) is 0 Å². The lowest BCUT2D eigenvalue weighted by atomic mass is 9.83. The highest BCUT2D eigenvalue weighted by Crippen LogP contribution is 2.29. The fraction of sp³-hybridized carbons (Fsp3) is 0.800. The van der Waals surface area contributed by atoms with E-state index in [1.165, 1.54) is 19.3 Å². The second kappa shape index (κ2) is 8.46. The summed E-state index contributed by atoms with van der Waals surface area (Å²) in [5.74, 6) is 0.778. The minimum Gasteiger partial charge on any atom is -0.370 e. The molecule has 1 aliphatic rings. The van der Waals surface area contributed by atoms with Crippen molar-refractivity contribution in [3.8, 4) is 0 Å². The van der Waals surface area contributed by atoms with Gasteiger partial charge in [-0.2, -0.15) is 0 Å². The van der Waals surface area contributed by atoms with Crippen molar-refractivity contribution in [3.63, 3.8) is 0 Å². The average molecular weight is 238 g/mol. The van der Waals surface area contributed by atoms with Gasteiger partial charge in [-0.15, -0.1) is 6.58 Å². The van der Waals surface area contributed by atoms with E-state index in [9.17, 15) is 4.79 Å². The lowest BCUT2D eigenvalue weighted by Gasteiger charge is -2.29. The predicted octanol–water partition coefficient (Wildman–Crippen LogP) is 3.90. The molecule has 1 rings (SSSR count). The maximum Gasteiger partial charge on any atom is 0.161 e. The van der Waals surface area contributed by atoms with E-state index >= 15 is 0 Å². The molecule has 0 aromatic heterocycles. The highest BCUT2D eigenvalue weighted by molar-refractivity contribution is 5.83. The second-order valence-electron chi connectivity index (χ2n) is 4.92. The van der Waals surface area contributed by atoms with E-state index in [4.69, 9.17) is 4.74 Å². The number of rotatable bonds is 8. The molecule has 0 heterocycles. The van der Waals surface area contributed by atoms with Gasteiger partial charge in [0.15, 0.2) is 5.78 Å². The standard InChI is InChI=1S/C15H26O2/c1-3-5-7-12-14(16)15(17-4-2)13-10-8-6-9-11-13/h3,13,15H,1,4-12H2,2H3. The first kappa shape index (κ1) is 14.4. The summed E-state index contributed by atoms with van der Waals surface area (Å²) in [4.78, 5) is 12.1. The molecule has 0 aromatic carbocycles. The second-order valence-corrected chi connectivity index (χ2v) is 4.92. The maximum atomic E-state index is 12.1. The molecule has 1 aliphatic carbocycles. The van der Waals surface area contributed by atoms with E-state index in [2.05, 4.69) is 6.58 Å². The lowest BCUT2D eigenvalue weighted by Crippen LogP contribution is -2.34. The molecular formula is C15H26O2. The van der Waals surface area contributed by atoms with Crippen molar-refractivity contribution in [1.29, 1.82) is 0 Å². The van der Waals surface area contributed by atoms with Gasteiger partial charge in [0.05, 0.1) is 0 Å². The molecular weight excluding hydrogens is 212 g/mol. The smallest absolute Gasteiger partial charge is 0.161 e. The van der Waals surface area contributed by atoms with Gasteiger partial charge in [0.25, 0.3) is 0 Å². The molecule has 1 atom stereocenters. The molecule has 17 heavy (non-hydrogen) atoms. The molecule has 2 heteroatoms. The van der Waals surface area contributed by atoms with E-state index in [-0.39, 0.29) is 6.10 Å². The largest absolute Gasteiger partial charge is 0.370 e. The number of ether oxygens (including phenoxy) is 1. The van der Waals surface area contributed by atoms with E-state index in [0.29, 0.717) is 24.7 Å². The number of unbranched alkanes of at least 4 members (excludes halogenated alkanes) is 1. The topological polar surface area (TPSA) is 26.3 Å². The molecule has 0 amide bonds. The summed E-state index contributed by atoms with van der Waals surface area (Å²) in [6, 6.07) is 0. The first-order valence-corrected chi connectivity index (χ1v) is 7.04. The Labute approximate surface area is 105 Å². The molecule has 0 N–H and O–H groups in total. The fourth-order valence-corrected chi connectivity index (χ4v) is 2.67. The average Bonchev–Trinajstić information content (AvgIpc) is 2.37. The summed E-state index contributed by atoms with van der Waals surface area (Å²) >= 11 is 0. The highest BCUT2D eigenvalue weighted by atomic mass is 16.5. The molecule has 1 fully saturated rings. The van der Waals surface area contributed by atoms with Gasteiger partial charge in [-0.1, -0.05) is 25.3 Å². The van der Waals surface area contributed by atoms with Gasteiger partial charge in [0.2, 0.25) is 0 Å². The molecule has 0 spiro atoms. The summed E-state index contributed by atoms with van der Waals surface area (Å²) in [5.41, 5.74) is 0. The van der Waals surface area contributed by atoms with Gasteiger partial charge in [0, 0.05) is 13.0 Å². The van der Waals surface area contributed by atoms with Crippen LogP contribution in [0, 0.1) is 5.92 Å². The Hall–Kier alpha value is -0.630. The van der Waals surface area contributed by atoms with E-state index in [0.717, 1.165) is 25.7 Å². The third-order valence-electron chi connectivity index (χ3n) is 3.57. The molecule has 0 aliphatic heterocycles. The van der Waals surface area contributed by atoms with Crippen LogP contribution in [0.25, 0.3) is 0 Å². The van der Waals surface area contributed by atoms with Crippen LogP contribution >= 0.6 is 0 Å². The number of Topliss-reactive ketones (excluding diaryl/α,β-unsaturated/α-hetero) is 1. The number of ketones is 1. The van der Waals surface area contributed by atoms with Crippen molar-refractivity contribution in [2.24, 2.45) is 5.92 Å². The third-order valence-corrected chi connectivity index (χ3v) is 3.57. The van der Waals surface area contributed by atoms with E-state index < -0.39 is 0 Å². The zero-order chi connectivity index (χ0) is 12.5. The molecule has 98 valence electrons. The Morgan fingerprint density at radius 3 is 2.71 bits per heavy atom. The van der Waals surface area contributed by atoms with Crippen LogP contribution in [0.15, 0.2) is 12.7 Å². The van der Waals surface area contributed by atoms with Crippen molar-refractivity contribution in [3.05, 3.63) is 12.7 Å². The first-order chi connectivity index (χ1) is 8.29. The molecule has 0 radical (unpaired) electrons. The van der Waals surface area contributed by atoms with Crippen molar-refractivity contribution in [1.82, 2.24) is 0 Å². The number of allylic oxidation sites excluding steroid dienone is 1.